The van der Waals surface area contributed by atoms with Crippen LogP contribution in [0.4, 0.5) is 11.4 Å². The third-order valence-corrected chi connectivity index (χ3v) is 3.91. The third-order valence-electron chi connectivity index (χ3n) is 3.29. The number of nitrogen functional groups attached to an aromatic ring is 1. The van der Waals surface area contributed by atoms with Crippen molar-refractivity contribution in [2.75, 3.05) is 32.4 Å². The van der Waals surface area contributed by atoms with Crippen molar-refractivity contribution in [1.29, 1.82) is 0 Å². The number of hydrogen-bond acceptors (Lipinski definition) is 5. The molecule has 0 radical (unpaired) electrons. The highest BCUT2D eigenvalue weighted by atomic mass is 35.5. The highest BCUT2D eigenvalue weighted by Gasteiger charge is 2.18. The van der Waals surface area contributed by atoms with Crippen molar-refractivity contribution in [2.24, 2.45) is 0 Å². The molecular formula is C16H16Cl2N2O4. The SMILES string of the molecule is COc1cc(OC)c(C(=O)Nc2cc(Cl)c(N)c(Cl)c2)cc1OC. The summed E-state index contributed by atoms with van der Waals surface area (Å²) in [5.41, 5.74) is 6.60. The molecule has 0 saturated heterocycles. The van der Waals surface area contributed by atoms with Crippen molar-refractivity contribution < 1.29 is 19.0 Å². The van der Waals surface area contributed by atoms with Crippen molar-refractivity contribution in [1.82, 2.24) is 0 Å². The van der Waals surface area contributed by atoms with Gasteiger partial charge in [0.05, 0.1) is 42.6 Å². The minimum Gasteiger partial charge on any atom is -0.496 e. The van der Waals surface area contributed by atoms with Crippen LogP contribution in [0.15, 0.2) is 24.3 Å². The van der Waals surface area contributed by atoms with E-state index in [0.717, 1.165) is 0 Å². The number of benzene rings is 2. The van der Waals surface area contributed by atoms with Crippen LogP contribution in [-0.2, 0) is 0 Å². The van der Waals surface area contributed by atoms with Crippen molar-refractivity contribution in [2.45, 2.75) is 0 Å². The Bertz CT molecular complexity index is 758. The summed E-state index contributed by atoms with van der Waals surface area (Å²) in [6.45, 7) is 0. The monoisotopic (exact) mass is 370 g/mol. The minimum atomic E-state index is -0.426. The molecule has 128 valence electrons. The second-order valence-corrected chi connectivity index (χ2v) is 5.53. The second-order valence-electron chi connectivity index (χ2n) is 4.72. The smallest absolute Gasteiger partial charge is 0.259 e. The van der Waals surface area contributed by atoms with E-state index >= 15 is 0 Å². The van der Waals surface area contributed by atoms with Crippen LogP contribution in [0.2, 0.25) is 10.0 Å². The molecule has 2 aromatic carbocycles. The molecular weight excluding hydrogens is 355 g/mol. The Morgan fingerprint density at radius 3 is 1.92 bits per heavy atom. The maximum Gasteiger partial charge on any atom is 0.259 e. The van der Waals surface area contributed by atoms with E-state index in [1.807, 2.05) is 0 Å². The number of amides is 1. The van der Waals surface area contributed by atoms with E-state index in [1.54, 1.807) is 6.07 Å². The second kappa shape index (κ2) is 7.51. The van der Waals surface area contributed by atoms with E-state index in [-0.39, 0.29) is 21.3 Å². The molecule has 6 nitrogen and oxygen atoms in total. The van der Waals surface area contributed by atoms with Gasteiger partial charge in [-0.15, -0.1) is 0 Å². The Kier molecular flexibility index (Phi) is 5.64. The van der Waals surface area contributed by atoms with Gasteiger partial charge in [-0.2, -0.15) is 0 Å². The Labute approximate surface area is 149 Å². The first kappa shape index (κ1) is 18.0. The molecule has 0 saturated carbocycles. The average molecular weight is 371 g/mol. The fourth-order valence-corrected chi connectivity index (χ4v) is 2.55. The molecule has 3 N–H and O–H groups in total. The van der Waals surface area contributed by atoms with Gasteiger partial charge in [-0.05, 0) is 12.1 Å². The summed E-state index contributed by atoms with van der Waals surface area (Å²) in [4.78, 5) is 12.6. The molecule has 0 unspecified atom stereocenters. The first-order chi connectivity index (χ1) is 11.4. The quantitative estimate of drug-likeness (QED) is 0.780. The zero-order chi connectivity index (χ0) is 17.9. The first-order valence-electron chi connectivity index (χ1n) is 6.77. The number of carbonyl (C=O) groups excluding carboxylic acids is 1. The summed E-state index contributed by atoms with van der Waals surface area (Å²) in [6.07, 6.45) is 0. The zero-order valence-corrected chi connectivity index (χ0v) is 14.8. The van der Waals surface area contributed by atoms with E-state index < -0.39 is 5.91 Å². The molecule has 2 rings (SSSR count). The number of rotatable bonds is 5. The lowest BCUT2D eigenvalue weighted by molar-refractivity contribution is 0.102. The Morgan fingerprint density at radius 1 is 0.917 bits per heavy atom. The largest absolute Gasteiger partial charge is 0.496 e. The third kappa shape index (κ3) is 3.60. The van der Waals surface area contributed by atoms with Gasteiger partial charge < -0.3 is 25.3 Å². The number of carbonyl (C=O) groups is 1. The van der Waals surface area contributed by atoms with E-state index in [2.05, 4.69) is 5.32 Å². The molecule has 0 fully saturated rings. The molecule has 0 aliphatic heterocycles. The maximum absolute atomic E-state index is 12.6. The van der Waals surface area contributed by atoms with Crippen LogP contribution in [0.25, 0.3) is 0 Å². The number of anilines is 2. The minimum absolute atomic E-state index is 0.247. The number of halogens is 2. The van der Waals surface area contributed by atoms with E-state index in [4.69, 9.17) is 43.1 Å². The van der Waals surface area contributed by atoms with Gasteiger partial charge in [0.25, 0.3) is 5.91 Å². The lowest BCUT2D eigenvalue weighted by Crippen LogP contribution is -2.14. The van der Waals surface area contributed by atoms with Crippen LogP contribution >= 0.6 is 23.2 Å². The van der Waals surface area contributed by atoms with Crippen LogP contribution in [0.5, 0.6) is 17.2 Å². The van der Waals surface area contributed by atoms with Gasteiger partial charge in [-0.25, -0.2) is 0 Å². The van der Waals surface area contributed by atoms with Gasteiger partial charge in [0, 0.05) is 17.8 Å². The predicted molar refractivity (Wildman–Crippen MR) is 94.9 cm³/mol. The fraction of sp³-hybridized carbons (Fsp3) is 0.188. The van der Waals surface area contributed by atoms with E-state index in [1.165, 1.54) is 39.5 Å². The normalized spacial score (nSPS) is 10.2. The van der Waals surface area contributed by atoms with Gasteiger partial charge in [0.2, 0.25) is 0 Å². The molecule has 0 bridgehead atoms. The lowest BCUT2D eigenvalue weighted by Gasteiger charge is -2.14. The predicted octanol–water partition coefficient (Wildman–Crippen LogP) is 3.85. The summed E-state index contributed by atoms with van der Waals surface area (Å²) in [5.74, 6) is 0.754. The van der Waals surface area contributed by atoms with Crippen molar-refractivity contribution in [3.8, 4) is 17.2 Å². The van der Waals surface area contributed by atoms with Gasteiger partial charge in [-0.3, -0.25) is 4.79 Å². The van der Waals surface area contributed by atoms with Crippen molar-refractivity contribution in [3.63, 3.8) is 0 Å². The number of nitrogens with one attached hydrogen (secondary N) is 1. The highest BCUT2D eigenvalue weighted by Crippen LogP contribution is 2.36. The van der Waals surface area contributed by atoms with E-state index in [9.17, 15) is 4.79 Å². The molecule has 1 amide bonds. The van der Waals surface area contributed by atoms with Crippen LogP contribution in [0.3, 0.4) is 0 Å². The highest BCUT2D eigenvalue weighted by molar-refractivity contribution is 6.39. The summed E-state index contributed by atoms with van der Waals surface area (Å²) < 4.78 is 15.6. The summed E-state index contributed by atoms with van der Waals surface area (Å²) in [6, 6.07) is 6.10. The molecule has 2 aromatic rings. The number of nitrogens with two attached hydrogens (primary N) is 1. The van der Waals surface area contributed by atoms with Crippen LogP contribution in [-0.4, -0.2) is 27.2 Å². The van der Waals surface area contributed by atoms with Gasteiger partial charge >= 0.3 is 0 Å². The van der Waals surface area contributed by atoms with Gasteiger partial charge in [0.1, 0.15) is 5.75 Å². The van der Waals surface area contributed by atoms with Gasteiger partial charge in [0.15, 0.2) is 11.5 Å². The Morgan fingerprint density at radius 2 is 1.42 bits per heavy atom. The standard InChI is InChI=1S/C16H16Cl2N2O4/c1-22-12-7-14(24-3)13(23-2)6-9(12)16(21)20-8-4-10(17)15(19)11(18)5-8/h4-7H,19H2,1-3H3,(H,20,21). The molecule has 0 aromatic heterocycles. The molecule has 0 spiro atoms. The Hall–Kier alpha value is -2.31. The summed E-state index contributed by atoms with van der Waals surface area (Å²) in [7, 11) is 4.43. The van der Waals surface area contributed by atoms with Crippen LogP contribution in [0.1, 0.15) is 10.4 Å². The Balaban J connectivity index is 2.39. The van der Waals surface area contributed by atoms with Crippen LogP contribution in [0, 0.1) is 0 Å². The lowest BCUT2D eigenvalue weighted by atomic mass is 10.1. The molecule has 0 aliphatic rings. The first-order valence-corrected chi connectivity index (χ1v) is 7.52. The number of ether oxygens (including phenoxy) is 3. The van der Waals surface area contributed by atoms with Crippen molar-refractivity contribution in [3.05, 3.63) is 39.9 Å². The summed E-state index contributed by atoms with van der Waals surface area (Å²) in [5, 5.41) is 3.19. The molecule has 0 aliphatic carbocycles. The molecule has 0 heterocycles. The molecule has 8 heteroatoms. The zero-order valence-electron chi connectivity index (χ0n) is 13.3. The van der Waals surface area contributed by atoms with E-state index in [0.29, 0.717) is 22.9 Å². The van der Waals surface area contributed by atoms with Gasteiger partial charge in [-0.1, -0.05) is 23.2 Å². The number of hydrogen-bond donors (Lipinski definition) is 2. The maximum atomic E-state index is 12.6. The van der Waals surface area contributed by atoms with Crippen molar-refractivity contribution >= 4 is 40.5 Å². The summed E-state index contributed by atoms with van der Waals surface area (Å²) >= 11 is 11.9. The topological polar surface area (TPSA) is 82.8 Å². The fourth-order valence-electron chi connectivity index (χ4n) is 2.06. The molecule has 24 heavy (non-hydrogen) atoms. The average Bonchev–Trinajstić information content (AvgIpc) is 2.58. The molecule has 0 atom stereocenters. The number of methoxy groups -OCH3 is 3. The van der Waals surface area contributed by atoms with Crippen LogP contribution < -0.4 is 25.3 Å².